The van der Waals surface area contributed by atoms with Gasteiger partial charge in [-0.3, -0.25) is 0 Å². The predicted molar refractivity (Wildman–Crippen MR) is 141 cm³/mol. The number of aromatic hydroxyl groups is 1. The lowest BCUT2D eigenvalue weighted by Crippen LogP contribution is -2.44. The quantitative estimate of drug-likeness (QED) is 0.342. The molecule has 180 valence electrons. The Balaban J connectivity index is 1.64. The highest BCUT2D eigenvalue weighted by molar-refractivity contribution is 8.05. The number of ether oxygens (including phenoxy) is 1. The maximum Gasteiger partial charge on any atom is 0.349 e. The van der Waals surface area contributed by atoms with Crippen LogP contribution in [-0.2, 0) is 21.4 Å². The molecule has 1 aliphatic rings. The van der Waals surface area contributed by atoms with Gasteiger partial charge in [-0.15, -0.1) is 11.3 Å². The van der Waals surface area contributed by atoms with Crippen molar-refractivity contribution < 1.29 is 19.7 Å². The number of aliphatic hydroxyl groups is 1. The topological polar surface area (TPSA) is 66.8 Å². The summed E-state index contributed by atoms with van der Waals surface area (Å²) in [6, 6.07) is 15.4. The summed E-state index contributed by atoms with van der Waals surface area (Å²) in [4.78, 5) is 13.6. The zero-order chi connectivity index (χ0) is 24.7. The largest absolute Gasteiger partial charge is 0.511 e. The molecule has 1 aliphatic heterocycles. The van der Waals surface area contributed by atoms with Crippen LogP contribution in [0.3, 0.4) is 0 Å². The summed E-state index contributed by atoms with van der Waals surface area (Å²) in [5.74, 6) is -0.0790. The second-order valence-corrected chi connectivity index (χ2v) is 12.7. The second kappa shape index (κ2) is 9.31. The van der Waals surface area contributed by atoms with Gasteiger partial charge in [0.25, 0.3) is 0 Å². The molecule has 3 aromatic rings. The molecule has 0 unspecified atom stereocenters. The standard InChI is InChI=1S/C28H32O4S2/c1-17(2)28(15-14-18-10-12-19(29)13-11-18)16-21(30)24(25(31)32-28)34-26-23(27(3,4)5)20-8-6-7-9-22(20)33-26/h6-13,17,29-30H,14-16H2,1-5H3/t28-/m0/s1. The first kappa shape index (κ1) is 24.7. The molecule has 34 heavy (non-hydrogen) atoms. The molecule has 0 bridgehead atoms. The fourth-order valence-electron chi connectivity index (χ4n) is 4.52. The molecule has 2 N–H and O–H groups in total. The molecular formula is C28H32O4S2. The normalized spacial score (nSPS) is 19.2. The number of fused-ring (bicyclic) bond motifs is 1. The smallest absolute Gasteiger partial charge is 0.349 e. The molecule has 0 fully saturated rings. The van der Waals surface area contributed by atoms with E-state index in [4.69, 9.17) is 4.74 Å². The summed E-state index contributed by atoms with van der Waals surface area (Å²) in [6.07, 6.45) is 1.58. The molecule has 0 saturated heterocycles. The average molecular weight is 497 g/mol. The van der Waals surface area contributed by atoms with Crippen LogP contribution in [0.15, 0.2) is 63.4 Å². The lowest BCUT2D eigenvalue weighted by molar-refractivity contribution is -0.164. The average Bonchev–Trinajstić information content (AvgIpc) is 3.14. The van der Waals surface area contributed by atoms with E-state index < -0.39 is 11.6 Å². The summed E-state index contributed by atoms with van der Waals surface area (Å²) in [6.45, 7) is 10.6. The summed E-state index contributed by atoms with van der Waals surface area (Å²) >= 11 is 2.99. The number of aliphatic hydroxyl groups excluding tert-OH is 1. The Morgan fingerprint density at radius 1 is 1.09 bits per heavy atom. The summed E-state index contributed by atoms with van der Waals surface area (Å²) in [5, 5.41) is 21.8. The van der Waals surface area contributed by atoms with E-state index in [2.05, 4.69) is 32.9 Å². The highest BCUT2D eigenvalue weighted by Gasteiger charge is 2.44. The molecule has 2 aromatic carbocycles. The van der Waals surface area contributed by atoms with Crippen molar-refractivity contribution >= 4 is 39.2 Å². The van der Waals surface area contributed by atoms with E-state index >= 15 is 0 Å². The van der Waals surface area contributed by atoms with Crippen molar-refractivity contribution in [1.82, 2.24) is 0 Å². The maximum absolute atomic E-state index is 13.3. The Morgan fingerprint density at radius 2 is 1.76 bits per heavy atom. The summed E-state index contributed by atoms with van der Waals surface area (Å²) in [5.41, 5.74) is 1.37. The Kier molecular flexibility index (Phi) is 6.76. The Hall–Kier alpha value is -2.44. The minimum Gasteiger partial charge on any atom is -0.511 e. The molecule has 0 aliphatic carbocycles. The Morgan fingerprint density at radius 3 is 2.38 bits per heavy atom. The molecular weight excluding hydrogens is 464 g/mol. The highest BCUT2D eigenvalue weighted by Crippen LogP contribution is 2.49. The van der Waals surface area contributed by atoms with Gasteiger partial charge in [-0.2, -0.15) is 0 Å². The van der Waals surface area contributed by atoms with Crippen LogP contribution in [0.25, 0.3) is 10.1 Å². The molecule has 2 heterocycles. The SMILES string of the molecule is CC(C)[C@]1(CCc2ccc(O)cc2)CC(O)=C(Sc2sc3ccccc3c2C(C)(C)C)C(=O)O1. The third-order valence-corrected chi connectivity index (χ3v) is 9.00. The van der Waals surface area contributed by atoms with Crippen molar-refractivity contribution in [3.8, 4) is 5.75 Å². The monoisotopic (exact) mass is 496 g/mol. The number of phenolic OH excluding ortho intramolecular Hbond substituents is 1. The van der Waals surface area contributed by atoms with Crippen molar-refractivity contribution in [2.24, 2.45) is 5.92 Å². The predicted octanol–water partition coefficient (Wildman–Crippen LogP) is 7.74. The molecule has 1 aromatic heterocycles. The van der Waals surface area contributed by atoms with Crippen LogP contribution < -0.4 is 0 Å². The number of thioether (sulfide) groups is 1. The van der Waals surface area contributed by atoms with Crippen molar-refractivity contribution in [3.63, 3.8) is 0 Å². The number of carbonyl (C=O) groups is 1. The first-order chi connectivity index (χ1) is 16.0. The lowest BCUT2D eigenvalue weighted by Gasteiger charge is -2.40. The highest BCUT2D eigenvalue weighted by atomic mass is 32.2. The number of carbonyl (C=O) groups excluding carboxylic acids is 1. The number of hydrogen-bond acceptors (Lipinski definition) is 6. The van der Waals surface area contributed by atoms with E-state index in [1.54, 1.807) is 23.5 Å². The number of esters is 1. The number of hydrogen-bond donors (Lipinski definition) is 2. The number of benzene rings is 2. The van der Waals surface area contributed by atoms with Gasteiger partial charge in [0.2, 0.25) is 0 Å². The van der Waals surface area contributed by atoms with Crippen molar-refractivity contribution in [3.05, 3.63) is 70.3 Å². The minimum absolute atomic E-state index is 0.0386. The van der Waals surface area contributed by atoms with Crippen LogP contribution in [0, 0.1) is 5.92 Å². The lowest BCUT2D eigenvalue weighted by atomic mass is 9.80. The van der Waals surface area contributed by atoms with Gasteiger partial charge in [0.15, 0.2) is 0 Å². The number of rotatable bonds is 6. The van der Waals surface area contributed by atoms with E-state index in [1.165, 1.54) is 27.4 Å². The van der Waals surface area contributed by atoms with Gasteiger partial charge in [-0.1, -0.05) is 76.7 Å². The van der Waals surface area contributed by atoms with Gasteiger partial charge >= 0.3 is 5.97 Å². The van der Waals surface area contributed by atoms with Gasteiger partial charge in [-0.05, 0) is 58.9 Å². The van der Waals surface area contributed by atoms with E-state index in [9.17, 15) is 15.0 Å². The van der Waals surface area contributed by atoms with E-state index in [-0.39, 0.29) is 27.7 Å². The summed E-state index contributed by atoms with van der Waals surface area (Å²) < 4.78 is 8.31. The van der Waals surface area contributed by atoms with Gasteiger partial charge in [0.05, 0.1) is 4.21 Å². The van der Waals surface area contributed by atoms with Crippen molar-refractivity contribution in [2.45, 2.75) is 69.1 Å². The molecule has 0 amide bonds. The van der Waals surface area contributed by atoms with Crippen molar-refractivity contribution in [2.75, 3.05) is 0 Å². The first-order valence-corrected chi connectivity index (χ1v) is 13.3. The third kappa shape index (κ3) is 4.84. The molecule has 0 radical (unpaired) electrons. The van der Waals surface area contributed by atoms with Crippen LogP contribution in [-0.4, -0.2) is 21.8 Å². The molecule has 0 spiro atoms. The molecule has 0 saturated carbocycles. The Labute approximate surface area is 209 Å². The third-order valence-electron chi connectivity index (χ3n) is 6.54. The van der Waals surface area contributed by atoms with Crippen molar-refractivity contribution in [1.29, 1.82) is 0 Å². The zero-order valence-electron chi connectivity index (χ0n) is 20.3. The number of cyclic esters (lactones) is 1. The van der Waals surface area contributed by atoms with Crippen LogP contribution in [0.1, 0.15) is 58.6 Å². The molecule has 1 atom stereocenters. The van der Waals surface area contributed by atoms with Gasteiger partial charge in [0, 0.05) is 11.1 Å². The number of aryl methyl sites for hydroxylation is 1. The van der Waals surface area contributed by atoms with Crippen LogP contribution in [0.2, 0.25) is 0 Å². The first-order valence-electron chi connectivity index (χ1n) is 11.6. The fraction of sp³-hybridized carbons (Fsp3) is 0.393. The number of phenols is 1. The second-order valence-electron chi connectivity index (χ2n) is 10.3. The molecule has 4 nitrogen and oxygen atoms in total. The molecule has 6 heteroatoms. The molecule has 4 rings (SSSR count). The van der Waals surface area contributed by atoms with Crippen LogP contribution in [0.5, 0.6) is 5.75 Å². The van der Waals surface area contributed by atoms with E-state index in [0.29, 0.717) is 19.3 Å². The Bertz CT molecular complexity index is 1230. The van der Waals surface area contributed by atoms with Gasteiger partial charge in [-0.25, -0.2) is 4.79 Å². The minimum atomic E-state index is -0.768. The summed E-state index contributed by atoms with van der Waals surface area (Å²) in [7, 11) is 0. The van der Waals surface area contributed by atoms with Gasteiger partial charge < -0.3 is 14.9 Å². The fourth-order valence-corrected chi connectivity index (χ4v) is 7.36. The van der Waals surface area contributed by atoms with Gasteiger partial charge in [0.1, 0.15) is 22.0 Å². The van der Waals surface area contributed by atoms with E-state index in [1.807, 2.05) is 38.1 Å². The van der Waals surface area contributed by atoms with Crippen LogP contribution >= 0.6 is 23.1 Å². The van der Waals surface area contributed by atoms with E-state index in [0.717, 1.165) is 9.77 Å². The maximum atomic E-state index is 13.3. The zero-order valence-corrected chi connectivity index (χ0v) is 22.0. The van der Waals surface area contributed by atoms with Crippen LogP contribution in [0.4, 0.5) is 0 Å². The number of thiophene rings is 1.